The number of ether oxygens (including phenoxy) is 1. The van der Waals surface area contributed by atoms with Crippen molar-refractivity contribution in [1.82, 2.24) is 10.6 Å². The lowest BCUT2D eigenvalue weighted by Gasteiger charge is -2.19. The number of rotatable bonds is 4. The third-order valence-corrected chi connectivity index (χ3v) is 3.01. The van der Waals surface area contributed by atoms with Crippen LogP contribution in [0.3, 0.4) is 0 Å². The zero-order chi connectivity index (χ0) is 16.8. The van der Waals surface area contributed by atoms with E-state index in [0.29, 0.717) is 13.1 Å². The van der Waals surface area contributed by atoms with Gasteiger partial charge in [-0.15, -0.1) is 0 Å². The largest absolute Gasteiger partial charge is 0.444 e. The first kappa shape index (κ1) is 18.3. The van der Waals surface area contributed by atoms with E-state index in [1.54, 1.807) is 20.8 Å². The first-order valence-corrected chi connectivity index (χ1v) is 7.74. The third-order valence-electron chi connectivity index (χ3n) is 2.52. The summed E-state index contributed by atoms with van der Waals surface area (Å²) in [5.41, 5.74) is 1.16. The van der Waals surface area contributed by atoms with Crippen LogP contribution in [0.25, 0.3) is 0 Å². The Labute approximate surface area is 139 Å². The summed E-state index contributed by atoms with van der Waals surface area (Å²) < 4.78 is 6.04. The normalized spacial score (nSPS) is 10.8. The van der Waals surface area contributed by atoms with Gasteiger partial charge in [0.1, 0.15) is 5.60 Å². The van der Waals surface area contributed by atoms with Crippen LogP contribution in [0, 0.1) is 6.92 Å². The summed E-state index contributed by atoms with van der Waals surface area (Å²) >= 11 is 3.37. The lowest BCUT2D eigenvalue weighted by Crippen LogP contribution is -2.39. The summed E-state index contributed by atoms with van der Waals surface area (Å²) in [6, 6.07) is 5.26. The van der Waals surface area contributed by atoms with Crippen LogP contribution in [0.2, 0.25) is 0 Å². The van der Waals surface area contributed by atoms with Gasteiger partial charge in [-0.05, 0) is 51.5 Å². The molecule has 0 aliphatic carbocycles. The molecule has 0 aromatic heterocycles. The fourth-order valence-electron chi connectivity index (χ4n) is 1.59. The molecule has 0 atom stereocenters. The Hall–Kier alpha value is -1.76. The van der Waals surface area contributed by atoms with Crippen molar-refractivity contribution >= 4 is 33.7 Å². The molecule has 0 bridgehead atoms. The van der Waals surface area contributed by atoms with E-state index in [0.717, 1.165) is 15.7 Å². The summed E-state index contributed by atoms with van der Waals surface area (Å²) in [5, 5.41) is 7.98. The van der Waals surface area contributed by atoms with Gasteiger partial charge in [0.15, 0.2) is 0 Å². The van der Waals surface area contributed by atoms with Crippen molar-refractivity contribution in [3.05, 3.63) is 28.2 Å². The molecule has 0 unspecified atom stereocenters. The number of carbonyl (C=O) groups is 2. The molecule has 1 aromatic rings. The van der Waals surface area contributed by atoms with Gasteiger partial charge >= 0.3 is 12.1 Å². The standard InChI is InChI=1S/C15H22BrN3O3/c1-10-9-11(16)5-6-12(10)19-13(20)17-7-8-18-14(21)22-15(2,3)4/h5-6,9H,7-8H2,1-4H3,(H,18,21)(H2,17,19,20). The molecule has 0 fully saturated rings. The minimum atomic E-state index is -0.534. The van der Waals surface area contributed by atoms with E-state index in [1.165, 1.54) is 0 Å². The molecular weight excluding hydrogens is 350 g/mol. The number of benzene rings is 1. The van der Waals surface area contributed by atoms with E-state index in [-0.39, 0.29) is 6.03 Å². The Morgan fingerprint density at radius 1 is 1.18 bits per heavy atom. The van der Waals surface area contributed by atoms with Crippen LogP contribution in [-0.2, 0) is 4.74 Å². The number of carbonyl (C=O) groups excluding carboxylic acids is 2. The van der Waals surface area contributed by atoms with Crippen LogP contribution in [0.5, 0.6) is 0 Å². The SMILES string of the molecule is Cc1cc(Br)ccc1NC(=O)NCCNC(=O)OC(C)(C)C. The molecule has 0 aliphatic heterocycles. The van der Waals surface area contributed by atoms with Crippen LogP contribution >= 0.6 is 15.9 Å². The van der Waals surface area contributed by atoms with Crippen LogP contribution in [0.4, 0.5) is 15.3 Å². The van der Waals surface area contributed by atoms with Crippen molar-refractivity contribution in [3.8, 4) is 0 Å². The summed E-state index contributed by atoms with van der Waals surface area (Å²) in [4.78, 5) is 23.2. The molecule has 1 rings (SSSR count). The van der Waals surface area contributed by atoms with Crippen molar-refractivity contribution in [3.63, 3.8) is 0 Å². The van der Waals surface area contributed by atoms with Gasteiger partial charge in [0.05, 0.1) is 0 Å². The lowest BCUT2D eigenvalue weighted by atomic mass is 10.2. The van der Waals surface area contributed by atoms with Crippen molar-refractivity contribution in [2.45, 2.75) is 33.3 Å². The Balaban J connectivity index is 2.28. The second-order valence-electron chi connectivity index (χ2n) is 5.77. The molecule has 0 heterocycles. The van der Waals surface area contributed by atoms with Gasteiger partial charge in [0.25, 0.3) is 0 Å². The van der Waals surface area contributed by atoms with Gasteiger partial charge in [-0.1, -0.05) is 15.9 Å². The van der Waals surface area contributed by atoms with E-state index < -0.39 is 11.7 Å². The van der Waals surface area contributed by atoms with Gasteiger partial charge in [0.2, 0.25) is 0 Å². The molecule has 0 spiro atoms. The van der Waals surface area contributed by atoms with Crippen molar-refractivity contribution in [2.75, 3.05) is 18.4 Å². The second kappa shape index (κ2) is 8.03. The number of amides is 3. The van der Waals surface area contributed by atoms with Gasteiger partial charge in [-0.3, -0.25) is 0 Å². The Morgan fingerprint density at radius 2 is 1.82 bits per heavy atom. The fourth-order valence-corrected chi connectivity index (χ4v) is 2.06. The lowest BCUT2D eigenvalue weighted by molar-refractivity contribution is 0.0528. The topological polar surface area (TPSA) is 79.5 Å². The molecule has 122 valence electrons. The number of alkyl carbamates (subject to hydrolysis) is 1. The average molecular weight is 372 g/mol. The van der Waals surface area contributed by atoms with Gasteiger partial charge in [-0.2, -0.15) is 0 Å². The maximum absolute atomic E-state index is 11.7. The third kappa shape index (κ3) is 7.31. The Morgan fingerprint density at radius 3 is 2.41 bits per heavy atom. The molecule has 22 heavy (non-hydrogen) atoms. The summed E-state index contributed by atoms with van der Waals surface area (Å²) in [7, 11) is 0. The zero-order valence-corrected chi connectivity index (χ0v) is 14.8. The van der Waals surface area contributed by atoms with Gasteiger partial charge in [0, 0.05) is 23.2 Å². The fraction of sp³-hybridized carbons (Fsp3) is 0.467. The van der Waals surface area contributed by atoms with Crippen LogP contribution in [-0.4, -0.2) is 30.8 Å². The molecule has 1 aromatic carbocycles. The summed E-state index contributed by atoms with van der Waals surface area (Å²) in [5.74, 6) is 0. The maximum atomic E-state index is 11.7. The van der Waals surface area contributed by atoms with Crippen LogP contribution in [0.1, 0.15) is 26.3 Å². The first-order valence-electron chi connectivity index (χ1n) is 6.95. The molecule has 6 nitrogen and oxygen atoms in total. The van der Waals surface area contributed by atoms with E-state index in [9.17, 15) is 9.59 Å². The highest BCUT2D eigenvalue weighted by molar-refractivity contribution is 9.10. The number of halogens is 1. The quantitative estimate of drug-likeness (QED) is 0.709. The highest BCUT2D eigenvalue weighted by atomic mass is 79.9. The number of hydrogen-bond acceptors (Lipinski definition) is 3. The number of nitrogens with one attached hydrogen (secondary N) is 3. The number of aryl methyl sites for hydroxylation is 1. The predicted molar refractivity (Wildman–Crippen MR) is 90.1 cm³/mol. The summed E-state index contributed by atoms with van der Waals surface area (Å²) in [6.07, 6.45) is -0.501. The number of hydrogen-bond donors (Lipinski definition) is 3. The van der Waals surface area contributed by atoms with Crippen LogP contribution < -0.4 is 16.0 Å². The number of anilines is 1. The van der Waals surface area contributed by atoms with E-state index in [2.05, 4.69) is 31.9 Å². The van der Waals surface area contributed by atoms with E-state index >= 15 is 0 Å². The Bertz CT molecular complexity index is 541. The molecule has 0 saturated heterocycles. The highest BCUT2D eigenvalue weighted by Gasteiger charge is 2.15. The second-order valence-corrected chi connectivity index (χ2v) is 6.68. The summed E-state index contributed by atoms with van der Waals surface area (Å²) in [6.45, 7) is 7.88. The molecule has 3 N–H and O–H groups in total. The molecule has 7 heteroatoms. The highest BCUT2D eigenvalue weighted by Crippen LogP contribution is 2.19. The molecule has 0 saturated carbocycles. The van der Waals surface area contributed by atoms with Crippen molar-refractivity contribution in [2.24, 2.45) is 0 Å². The Kier molecular flexibility index (Phi) is 6.67. The predicted octanol–water partition coefficient (Wildman–Crippen LogP) is 3.40. The number of urea groups is 1. The average Bonchev–Trinajstić information content (AvgIpc) is 2.36. The molecule has 0 aliphatic rings. The molecular formula is C15H22BrN3O3. The van der Waals surface area contributed by atoms with Crippen molar-refractivity contribution < 1.29 is 14.3 Å². The van der Waals surface area contributed by atoms with Gasteiger partial charge in [-0.25, -0.2) is 9.59 Å². The van der Waals surface area contributed by atoms with Gasteiger partial charge < -0.3 is 20.7 Å². The molecule has 0 radical (unpaired) electrons. The smallest absolute Gasteiger partial charge is 0.407 e. The molecule has 3 amide bonds. The maximum Gasteiger partial charge on any atom is 0.407 e. The van der Waals surface area contributed by atoms with Crippen LogP contribution in [0.15, 0.2) is 22.7 Å². The van der Waals surface area contributed by atoms with E-state index in [4.69, 9.17) is 4.74 Å². The van der Waals surface area contributed by atoms with E-state index in [1.807, 2.05) is 25.1 Å². The minimum Gasteiger partial charge on any atom is -0.444 e. The minimum absolute atomic E-state index is 0.293. The monoisotopic (exact) mass is 371 g/mol. The first-order chi connectivity index (χ1) is 10.2. The van der Waals surface area contributed by atoms with Crippen molar-refractivity contribution in [1.29, 1.82) is 0 Å². The zero-order valence-electron chi connectivity index (χ0n) is 13.2.